The molecule has 0 saturated carbocycles. The van der Waals surface area contributed by atoms with Crippen LogP contribution in [0.3, 0.4) is 0 Å². The number of anilines is 5. The number of hydrogen-bond acceptors (Lipinski definition) is 9. The first kappa shape index (κ1) is 19.8. The lowest BCUT2D eigenvalue weighted by atomic mass is 10.1. The first-order chi connectivity index (χ1) is 15.7. The van der Waals surface area contributed by atoms with Crippen molar-refractivity contribution in [3.05, 3.63) is 72.7 Å². The summed E-state index contributed by atoms with van der Waals surface area (Å²) in [7, 11) is 0. The van der Waals surface area contributed by atoms with Gasteiger partial charge in [0.05, 0.1) is 6.04 Å². The minimum Gasteiger partial charge on any atom is -0.380 e. The lowest BCUT2D eigenvalue weighted by molar-refractivity contribution is 0.472. The molecule has 160 valence electrons. The largest absolute Gasteiger partial charge is 0.380 e. The number of nitrogens with zero attached hydrogens (tertiary/aromatic N) is 5. The van der Waals surface area contributed by atoms with Gasteiger partial charge >= 0.3 is 0 Å². The minimum absolute atomic E-state index is 0.494. The quantitative estimate of drug-likeness (QED) is 0.353. The molecule has 0 spiro atoms. The molecular formula is C23H23N9. The second-order valence-electron chi connectivity index (χ2n) is 7.52. The van der Waals surface area contributed by atoms with Crippen LogP contribution in [-0.4, -0.2) is 44.1 Å². The van der Waals surface area contributed by atoms with E-state index in [0.717, 1.165) is 35.9 Å². The zero-order chi connectivity index (χ0) is 21.8. The van der Waals surface area contributed by atoms with Crippen molar-refractivity contribution in [1.82, 2.24) is 30.2 Å². The molecule has 0 amide bonds. The van der Waals surface area contributed by atoms with Crippen molar-refractivity contribution in [2.24, 2.45) is 0 Å². The van der Waals surface area contributed by atoms with Gasteiger partial charge in [0.15, 0.2) is 5.82 Å². The molecule has 32 heavy (non-hydrogen) atoms. The van der Waals surface area contributed by atoms with E-state index in [2.05, 4.69) is 46.2 Å². The number of hydrogen-bond donors (Lipinski definition) is 4. The van der Waals surface area contributed by atoms with Gasteiger partial charge < -0.3 is 21.3 Å². The highest BCUT2D eigenvalue weighted by molar-refractivity contribution is 5.61. The van der Waals surface area contributed by atoms with Crippen LogP contribution in [0, 0.1) is 6.92 Å². The summed E-state index contributed by atoms with van der Waals surface area (Å²) in [6, 6.07) is 18.0. The summed E-state index contributed by atoms with van der Waals surface area (Å²) in [6.07, 6.45) is 3.39. The third kappa shape index (κ3) is 4.79. The van der Waals surface area contributed by atoms with E-state index in [-0.39, 0.29) is 0 Å². The molecule has 0 unspecified atom stereocenters. The van der Waals surface area contributed by atoms with Gasteiger partial charge in [0.2, 0.25) is 5.95 Å². The van der Waals surface area contributed by atoms with Crippen molar-refractivity contribution in [3.8, 4) is 11.5 Å². The molecule has 1 saturated heterocycles. The Hall–Kier alpha value is -4.11. The molecule has 0 bridgehead atoms. The Kier molecular flexibility index (Phi) is 5.54. The van der Waals surface area contributed by atoms with E-state index in [1.165, 1.54) is 0 Å². The molecule has 4 heterocycles. The minimum atomic E-state index is 0.494. The highest BCUT2D eigenvalue weighted by Crippen LogP contribution is 2.20. The number of benzene rings is 1. The Morgan fingerprint density at radius 1 is 0.781 bits per heavy atom. The summed E-state index contributed by atoms with van der Waals surface area (Å²) in [5.41, 5.74) is 3.65. The maximum atomic E-state index is 4.56. The molecule has 3 aromatic heterocycles. The summed E-state index contributed by atoms with van der Waals surface area (Å²) in [6.45, 7) is 3.95. The normalized spacial score (nSPS) is 13.3. The Balaban J connectivity index is 1.27. The topological polar surface area (TPSA) is 113 Å². The van der Waals surface area contributed by atoms with Gasteiger partial charge in [-0.15, -0.1) is 0 Å². The number of nitrogens with one attached hydrogen (secondary N) is 4. The van der Waals surface area contributed by atoms with Gasteiger partial charge in [0.25, 0.3) is 0 Å². The van der Waals surface area contributed by atoms with Gasteiger partial charge in [0, 0.05) is 42.6 Å². The fourth-order valence-corrected chi connectivity index (χ4v) is 3.24. The van der Waals surface area contributed by atoms with Crippen LogP contribution in [0.5, 0.6) is 0 Å². The molecule has 9 heteroatoms. The molecular weight excluding hydrogens is 402 g/mol. The lowest BCUT2D eigenvalue weighted by Gasteiger charge is -2.29. The standard InChI is InChI=1S/C23H23N9/c1-15-3-2-4-19(27-15)22-25-11-9-20(31-22)30-21-10-12-26-23(32-21)29-17-7-5-16(6-8-17)28-18-13-24-14-18/h2-12,18,24,28H,13-14H2,1H3,(H2,25,26,29,30,31,32). The maximum absolute atomic E-state index is 4.56. The molecule has 1 aromatic carbocycles. The number of aryl methyl sites for hydroxylation is 1. The Bertz CT molecular complexity index is 1210. The number of rotatable bonds is 7. The number of aromatic nitrogens is 5. The van der Waals surface area contributed by atoms with E-state index in [1.807, 2.05) is 49.4 Å². The molecule has 4 N–H and O–H groups in total. The lowest BCUT2D eigenvalue weighted by Crippen LogP contribution is -2.51. The fourth-order valence-electron chi connectivity index (χ4n) is 3.24. The average molecular weight is 426 g/mol. The molecule has 4 aromatic rings. The van der Waals surface area contributed by atoms with Crippen molar-refractivity contribution in [3.63, 3.8) is 0 Å². The Labute approximate surface area is 185 Å². The summed E-state index contributed by atoms with van der Waals surface area (Å²) in [5.74, 6) is 2.30. The summed E-state index contributed by atoms with van der Waals surface area (Å²) in [4.78, 5) is 22.2. The van der Waals surface area contributed by atoms with Crippen molar-refractivity contribution >= 4 is 29.0 Å². The molecule has 1 aliphatic rings. The van der Waals surface area contributed by atoms with Crippen LogP contribution < -0.4 is 21.3 Å². The summed E-state index contributed by atoms with van der Waals surface area (Å²) < 4.78 is 0. The number of pyridine rings is 1. The van der Waals surface area contributed by atoms with Crippen molar-refractivity contribution in [2.75, 3.05) is 29.0 Å². The Morgan fingerprint density at radius 2 is 1.53 bits per heavy atom. The molecule has 0 aliphatic carbocycles. The van der Waals surface area contributed by atoms with Crippen LogP contribution in [0.15, 0.2) is 67.0 Å². The fraction of sp³-hybridized carbons (Fsp3) is 0.174. The monoisotopic (exact) mass is 425 g/mol. The van der Waals surface area contributed by atoms with Crippen molar-refractivity contribution < 1.29 is 0 Å². The second-order valence-corrected chi connectivity index (χ2v) is 7.52. The van der Waals surface area contributed by atoms with Crippen LogP contribution >= 0.6 is 0 Å². The van der Waals surface area contributed by atoms with Crippen LogP contribution in [0.1, 0.15) is 5.69 Å². The first-order valence-electron chi connectivity index (χ1n) is 10.4. The molecule has 0 atom stereocenters. The van der Waals surface area contributed by atoms with Gasteiger partial charge in [-0.1, -0.05) is 6.07 Å². The van der Waals surface area contributed by atoms with Gasteiger partial charge in [-0.25, -0.2) is 19.9 Å². The first-order valence-corrected chi connectivity index (χ1v) is 10.4. The van der Waals surface area contributed by atoms with Crippen molar-refractivity contribution in [2.45, 2.75) is 13.0 Å². The van der Waals surface area contributed by atoms with E-state index < -0.39 is 0 Å². The van der Waals surface area contributed by atoms with Crippen LogP contribution in [-0.2, 0) is 0 Å². The van der Waals surface area contributed by atoms with E-state index in [0.29, 0.717) is 29.5 Å². The maximum Gasteiger partial charge on any atom is 0.229 e. The SMILES string of the molecule is Cc1cccc(-c2nccc(Nc3ccnc(Nc4ccc(NC5CNC5)cc4)n3)n2)n1. The van der Waals surface area contributed by atoms with Crippen molar-refractivity contribution in [1.29, 1.82) is 0 Å². The van der Waals surface area contributed by atoms with Crippen LogP contribution in [0.2, 0.25) is 0 Å². The van der Waals surface area contributed by atoms with E-state index in [1.54, 1.807) is 24.5 Å². The second kappa shape index (κ2) is 8.94. The third-order valence-corrected chi connectivity index (χ3v) is 4.98. The third-order valence-electron chi connectivity index (χ3n) is 4.98. The summed E-state index contributed by atoms with van der Waals surface area (Å²) in [5, 5.41) is 13.2. The van der Waals surface area contributed by atoms with Crippen LogP contribution in [0.4, 0.5) is 29.0 Å². The zero-order valence-corrected chi connectivity index (χ0v) is 17.6. The van der Waals surface area contributed by atoms with Gasteiger partial charge in [-0.3, -0.25) is 0 Å². The van der Waals surface area contributed by atoms with E-state index in [9.17, 15) is 0 Å². The zero-order valence-electron chi connectivity index (χ0n) is 17.6. The van der Waals surface area contributed by atoms with Gasteiger partial charge in [-0.05, 0) is 55.5 Å². The predicted octanol–water partition coefficient (Wildman–Crippen LogP) is 3.51. The smallest absolute Gasteiger partial charge is 0.229 e. The Morgan fingerprint density at radius 3 is 2.28 bits per heavy atom. The summed E-state index contributed by atoms with van der Waals surface area (Å²) >= 11 is 0. The van der Waals surface area contributed by atoms with Gasteiger partial charge in [-0.2, -0.15) is 4.98 Å². The highest BCUT2D eigenvalue weighted by atomic mass is 15.2. The highest BCUT2D eigenvalue weighted by Gasteiger charge is 2.15. The molecule has 1 aliphatic heterocycles. The predicted molar refractivity (Wildman–Crippen MR) is 125 cm³/mol. The molecule has 0 radical (unpaired) electrons. The van der Waals surface area contributed by atoms with Gasteiger partial charge in [0.1, 0.15) is 17.3 Å². The van der Waals surface area contributed by atoms with E-state index in [4.69, 9.17) is 0 Å². The van der Waals surface area contributed by atoms with E-state index >= 15 is 0 Å². The molecule has 1 fully saturated rings. The van der Waals surface area contributed by atoms with Crippen LogP contribution in [0.25, 0.3) is 11.5 Å². The molecule has 5 rings (SSSR count). The average Bonchev–Trinajstić information content (AvgIpc) is 2.78. The molecule has 9 nitrogen and oxygen atoms in total.